The molecule has 0 spiro atoms. The number of ether oxygens (including phenoxy) is 1. The molecule has 0 rings (SSSR count). The molecule has 0 aromatic carbocycles. The zero-order valence-corrected chi connectivity index (χ0v) is 29.2. The molecule has 0 aromatic heterocycles. The molecular formula is C36H72O4. The Labute approximate surface area is 251 Å². The molecule has 3 unspecified atom stereocenters. The Hall–Kier alpha value is -1.06. The minimum Gasteiger partial charge on any atom is -0.481 e. The van der Waals surface area contributed by atoms with Crippen molar-refractivity contribution >= 4 is 11.9 Å². The molecule has 0 aliphatic heterocycles. The number of hydrogen-bond donors (Lipinski definition) is 1. The van der Waals surface area contributed by atoms with Crippen LogP contribution in [-0.2, 0) is 14.3 Å². The highest BCUT2D eigenvalue weighted by molar-refractivity contribution is 5.70. The number of carbonyl (C=O) groups is 2. The van der Waals surface area contributed by atoms with E-state index in [2.05, 4.69) is 83.1 Å². The van der Waals surface area contributed by atoms with Gasteiger partial charge in [0, 0.05) is 6.42 Å². The van der Waals surface area contributed by atoms with E-state index in [1.807, 2.05) is 0 Å². The van der Waals surface area contributed by atoms with E-state index in [0.717, 1.165) is 56.8 Å². The van der Waals surface area contributed by atoms with Crippen LogP contribution >= 0.6 is 0 Å². The van der Waals surface area contributed by atoms with Crippen LogP contribution in [0.1, 0.15) is 173 Å². The van der Waals surface area contributed by atoms with Crippen LogP contribution in [-0.4, -0.2) is 23.7 Å². The minimum atomic E-state index is -0.621. The maximum Gasteiger partial charge on any atom is 0.306 e. The highest BCUT2D eigenvalue weighted by Gasteiger charge is 2.28. The van der Waals surface area contributed by atoms with Crippen molar-refractivity contribution < 1.29 is 19.4 Å². The van der Waals surface area contributed by atoms with Gasteiger partial charge < -0.3 is 9.84 Å². The van der Waals surface area contributed by atoms with Crippen LogP contribution in [0.2, 0.25) is 0 Å². The van der Waals surface area contributed by atoms with Crippen LogP contribution in [0.25, 0.3) is 0 Å². The fourth-order valence-corrected chi connectivity index (χ4v) is 5.64. The van der Waals surface area contributed by atoms with E-state index in [9.17, 15) is 14.7 Å². The lowest BCUT2D eigenvalue weighted by molar-refractivity contribution is -0.145. The molecule has 0 radical (unpaired) electrons. The number of carbonyl (C=O) groups excluding carboxylic acids is 1. The Morgan fingerprint density at radius 2 is 1.10 bits per heavy atom. The van der Waals surface area contributed by atoms with Crippen LogP contribution in [0.5, 0.6) is 0 Å². The third kappa shape index (κ3) is 29.9. The molecule has 0 aliphatic carbocycles. The summed E-state index contributed by atoms with van der Waals surface area (Å²) in [6.07, 6.45) is 15.3. The third-order valence-electron chi connectivity index (χ3n) is 7.47. The van der Waals surface area contributed by atoms with Gasteiger partial charge in [-0.3, -0.25) is 9.59 Å². The number of esters is 1. The SMILES string of the molecule is CC(C)CCCCCCOC(=O)CCCCCC(C)C.CC(CCC(C(=O)O)C(C)CC(C)(C)C)CC(C)(C)C. The standard InChI is InChI=1S/2C18H36O2/c1-13(11-17(3,4)5)9-10-15(16(19)20)14(2)12-18(6,7)8;1-16(2)12-8-5-6-11-15-20-18(19)14-10-7-9-13-17(3)4/h13-15H,9-12H2,1-8H3,(H,19,20);16-17H,5-15H2,1-4H3. The molecule has 0 bridgehead atoms. The average Bonchev–Trinajstić information content (AvgIpc) is 2.75. The van der Waals surface area contributed by atoms with Gasteiger partial charge >= 0.3 is 11.9 Å². The molecule has 0 aliphatic rings. The lowest BCUT2D eigenvalue weighted by Gasteiger charge is -2.29. The fourth-order valence-electron chi connectivity index (χ4n) is 5.64. The van der Waals surface area contributed by atoms with Crippen molar-refractivity contribution in [3.63, 3.8) is 0 Å². The number of aliphatic carboxylic acids is 1. The zero-order chi connectivity index (χ0) is 31.4. The zero-order valence-electron chi connectivity index (χ0n) is 29.2. The summed E-state index contributed by atoms with van der Waals surface area (Å²) in [6.45, 7) is 27.3. The van der Waals surface area contributed by atoms with E-state index in [0.29, 0.717) is 24.4 Å². The molecule has 1 N–H and O–H groups in total. The highest BCUT2D eigenvalue weighted by Crippen LogP contribution is 2.33. The van der Waals surface area contributed by atoms with Crippen molar-refractivity contribution in [1.82, 2.24) is 0 Å². The van der Waals surface area contributed by atoms with E-state index in [1.165, 1.54) is 38.5 Å². The first-order valence-corrected chi connectivity index (χ1v) is 16.7. The summed E-state index contributed by atoms with van der Waals surface area (Å²) in [6, 6.07) is 0. The molecular weight excluding hydrogens is 496 g/mol. The van der Waals surface area contributed by atoms with Crippen molar-refractivity contribution in [2.75, 3.05) is 6.61 Å². The molecule has 0 aromatic rings. The minimum absolute atomic E-state index is 0.00303. The fraction of sp³-hybridized carbons (Fsp3) is 0.944. The van der Waals surface area contributed by atoms with E-state index >= 15 is 0 Å². The number of rotatable bonds is 20. The highest BCUT2D eigenvalue weighted by atomic mass is 16.5. The van der Waals surface area contributed by atoms with Gasteiger partial charge in [-0.15, -0.1) is 0 Å². The summed E-state index contributed by atoms with van der Waals surface area (Å²) in [5, 5.41) is 9.49. The molecule has 3 atom stereocenters. The van der Waals surface area contributed by atoms with E-state index in [-0.39, 0.29) is 23.2 Å². The Morgan fingerprint density at radius 1 is 0.625 bits per heavy atom. The van der Waals surface area contributed by atoms with Crippen molar-refractivity contribution in [3.8, 4) is 0 Å². The van der Waals surface area contributed by atoms with E-state index < -0.39 is 5.97 Å². The van der Waals surface area contributed by atoms with Gasteiger partial charge in [0.1, 0.15) is 0 Å². The maximum atomic E-state index is 11.5. The summed E-state index contributed by atoms with van der Waals surface area (Å²) < 4.78 is 5.26. The monoisotopic (exact) mass is 569 g/mol. The van der Waals surface area contributed by atoms with Gasteiger partial charge in [-0.05, 0) is 73.0 Å². The van der Waals surface area contributed by atoms with Gasteiger partial charge in [0.15, 0.2) is 0 Å². The summed E-state index contributed by atoms with van der Waals surface area (Å²) in [7, 11) is 0. The summed E-state index contributed by atoms with van der Waals surface area (Å²) in [5.41, 5.74) is 0.527. The second-order valence-electron chi connectivity index (χ2n) is 15.9. The predicted molar refractivity (Wildman–Crippen MR) is 174 cm³/mol. The van der Waals surface area contributed by atoms with Gasteiger partial charge in [-0.25, -0.2) is 0 Å². The first-order valence-electron chi connectivity index (χ1n) is 16.7. The molecule has 0 saturated heterocycles. The lowest BCUT2D eigenvalue weighted by atomic mass is 9.76. The first-order chi connectivity index (χ1) is 18.3. The van der Waals surface area contributed by atoms with Crippen LogP contribution < -0.4 is 0 Å². The van der Waals surface area contributed by atoms with Crippen LogP contribution in [0.3, 0.4) is 0 Å². The Bertz CT molecular complexity index is 624. The molecule has 4 heteroatoms. The second-order valence-corrected chi connectivity index (χ2v) is 15.9. The summed E-state index contributed by atoms with van der Waals surface area (Å²) >= 11 is 0. The van der Waals surface area contributed by atoms with Gasteiger partial charge in [0.05, 0.1) is 12.5 Å². The van der Waals surface area contributed by atoms with Gasteiger partial charge in [0.25, 0.3) is 0 Å². The van der Waals surface area contributed by atoms with Crippen molar-refractivity contribution in [2.45, 2.75) is 173 Å². The van der Waals surface area contributed by atoms with E-state index in [1.54, 1.807) is 0 Å². The Kier molecular flexibility index (Phi) is 23.1. The van der Waals surface area contributed by atoms with Crippen LogP contribution in [0.15, 0.2) is 0 Å². The largest absolute Gasteiger partial charge is 0.481 e. The van der Waals surface area contributed by atoms with Crippen LogP contribution in [0.4, 0.5) is 0 Å². The quantitative estimate of drug-likeness (QED) is 0.117. The average molecular weight is 569 g/mol. The van der Waals surface area contributed by atoms with E-state index in [4.69, 9.17) is 4.74 Å². The lowest BCUT2D eigenvalue weighted by Crippen LogP contribution is -2.26. The summed E-state index contributed by atoms with van der Waals surface area (Å²) in [5.74, 6) is 1.60. The smallest absolute Gasteiger partial charge is 0.306 e. The van der Waals surface area contributed by atoms with Crippen LogP contribution in [0, 0.1) is 40.4 Å². The molecule has 0 heterocycles. The second kappa shape index (κ2) is 22.5. The Balaban J connectivity index is 0. The number of unbranched alkanes of at least 4 members (excludes halogenated alkanes) is 5. The summed E-state index contributed by atoms with van der Waals surface area (Å²) in [4.78, 5) is 23.0. The topological polar surface area (TPSA) is 63.6 Å². The Morgan fingerprint density at radius 3 is 1.55 bits per heavy atom. The molecule has 40 heavy (non-hydrogen) atoms. The van der Waals surface area contributed by atoms with Crippen molar-refractivity contribution in [1.29, 1.82) is 0 Å². The number of hydrogen-bond acceptors (Lipinski definition) is 3. The molecule has 0 amide bonds. The van der Waals surface area contributed by atoms with Gasteiger partial charge in [-0.2, -0.15) is 0 Å². The molecule has 0 saturated carbocycles. The van der Waals surface area contributed by atoms with Gasteiger partial charge in [0.2, 0.25) is 0 Å². The number of carboxylic acid groups (broad SMARTS) is 1. The number of carboxylic acids is 1. The molecule has 4 nitrogen and oxygen atoms in total. The third-order valence-corrected chi connectivity index (χ3v) is 7.47. The normalized spacial score (nSPS) is 14.4. The first kappa shape index (κ1) is 41.1. The maximum absolute atomic E-state index is 11.5. The van der Waals surface area contributed by atoms with Crippen molar-refractivity contribution in [2.24, 2.45) is 40.4 Å². The predicted octanol–water partition coefficient (Wildman–Crippen LogP) is 11.4. The molecule has 240 valence electrons. The van der Waals surface area contributed by atoms with Crippen molar-refractivity contribution in [3.05, 3.63) is 0 Å². The van der Waals surface area contributed by atoms with Gasteiger partial charge in [-0.1, -0.05) is 128 Å². The molecule has 0 fully saturated rings.